The second-order valence-corrected chi connectivity index (χ2v) is 6.16. The molecule has 5 nitrogen and oxygen atoms in total. The minimum atomic E-state index is 0.698. The molecule has 1 heterocycles. The zero-order valence-corrected chi connectivity index (χ0v) is 13.6. The van der Waals surface area contributed by atoms with Gasteiger partial charge in [-0.05, 0) is 41.3 Å². The summed E-state index contributed by atoms with van der Waals surface area (Å²) in [6.07, 6.45) is 0.923. The number of anilines is 2. The number of hydrogen-bond acceptors (Lipinski definition) is 5. The maximum atomic E-state index is 10.8. The van der Waals surface area contributed by atoms with Crippen LogP contribution in [0.25, 0.3) is 11.1 Å². The summed E-state index contributed by atoms with van der Waals surface area (Å²) in [5.41, 5.74) is 10.0. The van der Waals surface area contributed by atoms with Gasteiger partial charge in [0.2, 0.25) is 6.41 Å². The fourth-order valence-electron chi connectivity index (χ4n) is 2.85. The maximum absolute atomic E-state index is 10.8. The van der Waals surface area contributed by atoms with E-state index in [9.17, 15) is 4.79 Å². The summed E-state index contributed by atoms with van der Waals surface area (Å²) in [7, 11) is 0. The molecule has 1 aliphatic heterocycles. The molecule has 0 aliphatic carbocycles. The molecule has 2 aromatic rings. The molecule has 0 unspecified atom stereocenters. The Balaban J connectivity index is 1.80. The number of nitrogens with two attached hydrogens (primary N) is 2. The molecule has 1 aliphatic rings. The highest BCUT2D eigenvalue weighted by molar-refractivity contribution is 7.97. The lowest BCUT2D eigenvalue weighted by Gasteiger charge is -2.34. The van der Waals surface area contributed by atoms with Crippen LogP contribution in [0.5, 0.6) is 0 Å². The van der Waals surface area contributed by atoms with Gasteiger partial charge in [-0.2, -0.15) is 0 Å². The number of rotatable bonds is 4. The summed E-state index contributed by atoms with van der Waals surface area (Å²) in [4.78, 5) is 15.8. The van der Waals surface area contributed by atoms with Crippen molar-refractivity contribution in [3.8, 4) is 11.1 Å². The average Bonchev–Trinajstić information content (AvgIpc) is 2.62. The SMILES string of the molecule is NSc1c(N)cccc1-c1ccc(N2CCN(C=O)CC2)cc1. The van der Waals surface area contributed by atoms with Crippen molar-refractivity contribution >= 4 is 29.7 Å². The molecule has 3 rings (SSSR count). The van der Waals surface area contributed by atoms with Crippen molar-refractivity contribution < 1.29 is 4.79 Å². The molecule has 0 radical (unpaired) electrons. The predicted molar refractivity (Wildman–Crippen MR) is 96.2 cm³/mol. The zero-order chi connectivity index (χ0) is 16.2. The number of piperazine rings is 1. The van der Waals surface area contributed by atoms with Gasteiger partial charge in [0, 0.05) is 37.6 Å². The molecule has 1 amide bonds. The molecule has 6 heteroatoms. The lowest BCUT2D eigenvalue weighted by molar-refractivity contribution is -0.118. The molecule has 0 aromatic heterocycles. The highest BCUT2D eigenvalue weighted by atomic mass is 32.2. The van der Waals surface area contributed by atoms with Gasteiger partial charge in [0.15, 0.2) is 0 Å². The lowest BCUT2D eigenvalue weighted by atomic mass is 10.0. The third kappa shape index (κ3) is 3.28. The van der Waals surface area contributed by atoms with E-state index in [1.165, 1.54) is 17.6 Å². The van der Waals surface area contributed by atoms with E-state index >= 15 is 0 Å². The van der Waals surface area contributed by atoms with E-state index in [1.54, 1.807) is 0 Å². The zero-order valence-electron chi connectivity index (χ0n) is 12.8. The van der Waals surface area contributed by atoms with Crippen LogP contribution in [-0.2, 0) is 4.79 Å². The van der Waals surface area contributed by atoms with Crippen molar-refractivity contribution in [2.75, 3.05) is 36.8 Å². The van der Waals surface area contributed by atoms with E-state index in [1.807, 2.05) is 23.1 Å². The van der Waals surface area contributed by atoms with Crippen molar-refractivity contribution in [2.24, 2.45) is 5.14 Å². The number of benzene rings is 2. The van der Waals surface area contributed by atoms with Gasteiger partial charge in [-0.3, -0.25) is 9.93 Å². The molecule has 120 valence electrons. The third-order valence-electron chi connectivity index (χ3n) is 4.17. The Kier molecular flexibility index (Phi) is 4.73. The molecule has 0 spiro atoms. The highest BCUT2D eigenvalue weighted by Crippen LogP contribution is 2.34. The number of nitrogen functional groups attached to an aromatic ring is 1. The average molecular weight is 328 g/mol. The number of carbonyl (C=O) groups excluding carboxylic acids is 1. The van der Waals surface area contributed by atoms with Gasteiger partial charge in [0.05, 0.1) is 4.90 Å². The van der Waals surface area contributed by atoms with Crippen LogP contribution in [-0.4, -0.2) is 37.5 Å². The van der Waals surface area contributed by atoms with Crippen LogP contribution in [0.3, 0.4) is 0 Å². The van der Waals surface area contributed by atoms with Gasteiger partial charge in [-0.25, -0.2) is 0 Å². The van der Waals surface area contributed by atoms with E-state index in [0.29, 0.717) is 5.69 Å². The summed E-state index contributed by atoms with van der Waals surface area (Å²) < 4.78 is 0. The second kappa shape index (κ2) is 6.93. The van der Waals surface area contributed by atoms with Gasteiger partial charge in [0.1, 0.15) is 0 Å². The Bertz CT molecular complexity index is 681. The van der Waals surface area contributed by atoms with Crippen molar-refractivity contribution in [3.63, 3.8) is 0 Å². The molecule has 0 bridgehead atoms. The Morgan fingerprint density at radius 2 is 1.70 bits per heavy atom. The molecule has 0 atom stereocenters. The molecular weight excluding hydrogens is 308 g/mol. The highest BCUT2D eigenvalue weighted by Gasteiger charge is 2.16. The van der Waals surface area contributed by atoms with Crippen LogP contribution in [0.1, 0.15) is 0 Å². The number of hydrogen-bond donors (Lipinski definition) is 2. The Hall–Kier alpha value is -2.18. The first-order valence-corrected chi connectivity index (χ1v) is 8.41. The van der Waals surface area contributed by atoms with Gasteiger partial charge in [-0.15, -0.1) is 0 Å². The van der Waals surface area contributed by atoms with E-state index in [-0.39, 0.29) is 0 Å². The Morgan fingerprint density at radius 3 is 2.30 bits per heavy atom. The summed E-state index contributed by atoms with van der Waals surface area (Å²) in [5, 5.41) is 5.76. The molecule has 2 aromatic carbocycles. The summed E-state index contributed by atoms with van der Waals surface area (Å²) in [6, 6.07) is 14.2. The van der Waals surface area contributed by atoms with E-state index in [2.05, 4.69) is 29.2 Å². The number of nitrogens with zero attached hydrogens (tertiary/aromatic N) is 2. The third-order valence-corrected chi connectivity index (χ3v) is 4.86. The van der Waals surface area contributed by atoms with E-state index in [4.69, 9.17) is 10.9 Å². The molecular formula is C17H20N4OS. The van der Waals surface area contributed by atoms with Crippen LogP contribution in [0.15, 0.2) is 47.4 Å². The minimum Gasteiger partial charge on any atom is -0.398 e. The van der Waals surface area contributed by atoms with Crippen LogP contribution in [0, 0.1) is 0 Å². The second-order valence-electron chi connectivity index (χ2n) is 5.52. The largest absolute Gasteiger partial charge is 0.398 e. The van der Waals surface area contributed by atoms with Crippen LogP contribution in [0.2, 0.25) is 0 Å². The Morgan fingerprint density at radius 1 is 1.00 bits per heavy atom. The van der Waals surface area contributed by atoms with Gasteiger partial charge < -0.3 is 15.5 Å². The first-order chi connectivity index (χ1) is 11.2. The minimum absolute atomic E-state index is 0.698. The van der Waals surface area contributed by atoms with Crippen molar-refractivity contribution in [3.05, 3.63) is 42.5 Å². The summed E-state index contributed by atoms with van der Waals surface area (Å²) >= 11 is 1.18. The maximum Gasteiger partial charge on any atom is 0.209 e. The van der Waals surface area contributed by atoms with Crippen molar-refractivity contribution in [2.45, 2.75) is 4.90 Å². The standard InChI is InChI=1S/C17H20N4OS/c18-16-3-1-2-15(17(16)23-19)13-4-6-14(7-5-13)21-10-8-20(12-22)9-11-21/h1-7,12H,8-11,18-19H2. The summed E-state index contributed by atoms with van der Waals surface area (Å²) in [6.45, 7) is 3.27. The molecule has 23 heavy (non-hydrogen) atoms. The fourth-order valence-corrected chi connectivity index (χ4v) is 3.37. The number of carbonyl (C=O) groups is 1. The molecule has 1 fully saturated rings. The topological polar surface area (TPSA) is 75.6 Å². The molecule has 0 saturated carbocycles. The normalized spacial score (nSPS) is 14.8. The van der Waals surface area contributed by atoms with Gasteiger partial charge in [0.25, 0.3) is 0 Å². The number of amides is 1. The summed E-state index contributed by atoms with van der Waals surface area (Å²) in [5.74, 6) is 0. The van der Waals surface area contributed by atoms with Crippen molar-refractivity contribution in [1.82, 2.24) is 4.90 Å². The first-order valence-electron chi connectivity index (χ1n) is 7.53. The van der Waals surface area contributed by atoms with Gasteiger partial charge in [-0.1, -0.05) is 24.3 Å². The van der Waals surface area contributed by atoms with Crippen LogP contribution in [0.4, 0.5) is 11.4 Å². The van der Waals surface area contributed by atoms with Gasteiger partial charge >= 0.3 is 0 Å². The molecule has 1 saturated heterocycles. The van der Waals surface area contributed by atoms with E-state index in [0.717, 1.165) is 48.6 Å². The smallest absolute Gasteiger partial charge is 0.209 e. The monoisotopic (exact) mass is 328 g/mol. The lowest BCUT2D eigenvalue weighted by Crippen LogP contribution is -2.45. The molecule has 4 N–H and O–H groups in total. The van der Waals surface area contributed by atoms with Crippen LogP contribution >= 0.6 is 11.9 Å². The predicted octanol–water partition coefficient (Wildman–Crippen LogP) is 2.18. The van der Waals surface area contributed by atoms with Crippen molar-refractivity contribution in [1.29, 1.82) is 0 Å². The Labute approximate surface area is 140 Å². The van der Waals surface area contributed by atoms with Crippen LogP contribution < -0.4 is 15.8 Å². The van der Waals surface area contributed by atoms with E-state index < -0.39 is 0 Å². The fraction of sp³-hybridized carbons (Fsp3) is 0.235. The first kappa shape index (κ1) is 15.7. The quantitative estimate of drug-likeness (QED) is 0.511.